The monoisotopic (exact) mass is 442 g/mol. The van der Waals surface area contributed by atoms with Crippen molar-refractivity contribution in [3.8, 4) is 0 Å². The lowest BCUT2D eigenvalue weighted by atomic mass is 9.99. The number of hydrogen-bond donors (Lipinski definition) is 2. The molecule has 0 spiro atoms. The van der Waals surface area contributed by atoms with Crippen LogP contribution in [0.3, 0.4) is 0 Å². The zero-order chi connectivity index (χ0) is 23.3. The van der Waals surface area contributed by atoms with Gasteiger partial charge in [0.2, 0.25) is 11.8 Å². The minimum Gasteiger partial charge on any atom is -0.456 e. The molecule has 0 bridgehead atoms. The third-order valence-electron chi connectivity index (χ3n) is 5.61. The Morgan fingerprint density at radius 3 is 2.62 bits per heavy atom. The summed E-state index contributed by atoms with van der Waals surface area (Å²) in [6.45, 7) is 7.95. The molecule has 3 atom stereocenters. The third kappa shape index (κ3) is 7.64. The Hall–Kier alpha value is -2.93. The molecule has 1 fully saturated rings. The van der Waals surface area contributed by atoms with E-state index in [0.29, 0.717) is 19.4 Å². The number of amides is 2. The van der Waals surface area contributed by atoms with E-state index in [1.807, 2.05) is 30.3 Å². The molecule has 0 saturated carbocycles. The molecule has 0 radical (unpaired) electrons. The van der Waals surface area contributed by atoms with Crippen molar-refractivity contribution in [2.75, 3.05) is 19.7 Å². The second kappa shape index (κ2) is 13.5. The van der Waals surface area contributed by atoms with E-state index in [4.69, 9.17) is 4.74 Å². The number of esters is 1. The maximum Gasteiger partial charge on any atom is 0.306 e. The number of allylic oxidation sites excluding steroid dienone is 2. The molecule has 2 rings (SSSR count). The fourth-order valence-corrected chi connectivity index (χ4v) is 3.84. The number of aliphatic hydroxyl groups is 1. The standard InChI is InChI=1S/C25H34N2O5/c1-3-5-14-24(30)32-22(19-11-7-6-8-12-19)17-26-25(31)20(10-4-2)16-23(29)27-15-9-13-21(27)18-28/h3-4,6-8,11-12,20-22,28H,1-2,5,9-10,13-18H2,(H,26,31)/t20-,21-,22+/m0/s1. The molecule has 0 unspecified atom stereocenters. The summed E-state index contributed by atoms with van der Waals surface area (Å²) >= 11 is 0. The van der Waals surface area contributed by atoms with Gasteiger partial charge in [0.25, 0.3) is 0 Å². The number of hydrogen-bond acceptors (Lipinski definition) is 5. The first kappa shape index (κ1) is 25.3. The van der Waals surface area contributed by atoms with Crippen LogP contribution in [0.5, 0.6) is 0 Å². The van der Waals surface area contributed by atoms with Crippen LogP contribution in [0.15, 0.2) is 55.6 Å². The van der Waals surface area contributed by atoms with Crippen LogP contribution in [0, 0.1) is 5.92 Å². The molecule has 0 aromatic heterocycles. The summed E-state index contributed by atoms with van der Waals surface area (Å²) in [5, 5.41) is 12.3. The van der Waals surface area contributed by atoms with Gasteiger partial charge in [-0.05, 0) is 31.2 Å². The Morgan fingerprint density at radius 2 is 1.97 bits per heavy atom. The van der Waals surface area contributed by atoms with Gasteiger partial charge in [-0.15, -0.1) is 13.2 Å². The minimum atomic E-state index is -0.630. The Balaban J connectivity index is 2.01. The fraction of sp³-hybridized carbons (Fsp3) is 0.480. The number of ether oxygens (including phenoxy) is 1. The lowest BCUT2D eigenvalue weighted by Gasteiger charge is -2.25. The number of benzene rings is 1. The van der Waals surface area contributed by atoms with Crippen molar-refractivity contribution in [1.82, 2.24) is 10.2 Å². The molecule has 1 aliphatic heterocycles. The summed E-state index contributed by atoms with van der Waals surface area (Å²) in [5.41, 5.74) is 0.777. The number of aliphatic hydroxyl groups excluding tert-OH is 1. The summed E-state index contributed by atoms with van der Waals surface area (Å²) in [7, 11) is 0. The van der Waals surface area contributed by atoms with Crippen LogP contribution in [-0.2, 0) is 19.1 Å². The van der Waals surface area contributed by atoms with Crippen LogP contribution in [-0.4, -0.2) is 53.5 Å². The summed E-state index contributed by atoms with van der Waals surface area (Å²) in [5.74, 6) is -1.37. The zero-order valence-corrected chi connectivity index (χ0v) is 18.6. The summed E-state index contributed by atoms with van der Waals surface area (Å²) in [6.07, 6.45) is 5.40. The van der Waals surface area contributed by atoms with Crippen LogP contribution in [0.1, 0.15) is 50.2 Å². The maximum atomic E-state index is 12.9. The lowest BCUT2D eigenvalue weighted by molar-refractivity contribution is -0.150. The summed E-state index contributed by atoms with van der Waals surface area (Å²) < 4.78 is 5.60. The molecule has 1 aromatic carbocycles. The van der Waals surface area contributed by atoms with Gasteiger partial charge in [-0.2, -0.15) is 0 Å². The number of rotatable bonds is 13. The van der Waals surface area contributed by atoms with Gasteiger partial charge in [0.1, 0.15) is 6.10 Å². The number of carbonyl (C=O) groups excluding carboxylic acids is 3. The normalized spacial score (nSPS) is 17.3. The highest BCUT2D eigenvalue weighted by Crippen LogP contribution is 2.22. The Morgan fingerprint density at radius 1 is 1.22 bits per heavy atom. The van der Waals surface area contributed by atoms with Crippen LogP contribution < -0.4 is 5.32 Å². The van der Waals surface area contributed by atoms with Crippen LogP contribution >= 0.6 is 0 Å². The highest BCUT2D eigenvalue weighted by atomic mass is 16.5. The molecular formula is C25H34N2O5. The molecule has 1 saturated heterocycles. The topological polar surface area (TPSA) is 95.9 Å². The van der Waals surface area contributed by atoms with Crippen molar-refractivity contribution in [3.05, 3.63) is 61.2 Å². The summed E-state index contributed by atoms with van der Waals surface area (Å²) in [6, 6.07) is 9.05. The van der Waals surface area contributed by atoms with Gasteiger partial charge < -0.3 is 20.1 Å². The first-order chi connectivity index (χ1) is 15.5. The molecule has 2 amide bonds. The number of nitrogens with one attached hydrogen (secondary N) is 1. The van der Waals surface area contributed by atoms with Gasteiger partial charge in [0.05, 0.1) is 25.1 Å². The van der Waals surface area contributed by atoms with E-state index < -0.39 is 12.0 Å². The Bertz CT molecular complexity index is 780. The number of likely N-dealkylation sites (tertiary alicyclic amines) is 1. The minimum absolute atomic E-state index is 0.0451. The van der Waals surface area contributed by atoms with E-state index in [2.05, 4.69) is 18.5 Å². The van der Waals surface area contributed by atoms with Gasteiger partial charge in [0.15, 0.2) is 0 Å². The van der Waals surface area contributed by atoms with Gasteiger partial charge in [-0.25, -0.2) is 0 Å². The van der Waals surface area contributed by atoms with Crippen LogP contribution in [0.2, 0.25) is 0 Å². The van der Waals surface area contributed by atoms with Crippen molar-refractivity contribution in [3.63, 3.8) is 0 Å². The van der Waals surface area contributed by atoms with E-state index in [9.17, 15) is 19.5 Å². The van der Waals surface area contributed by atoms with E-state index in [1.165, 1.54) is 0 Å². The smallest absolute Gasteiger partial charge is 0.306 e. The molecule has 7 heteroatoms. The fourth-order valence-electron chi connectivity index (χ4n) is 3.84. The second-order valence-corrected chi connectivity index (χ2v) is 7.95. The molecule has 174 valence electrons. The molecule has 1 heterocycles. The first-order valence-corrected chi connectivity index (χ1v) is 11.1. The predicted octanol–water partition coefficient (Wildman–Crippen LogP) is 2.92. The van der Waals surface area contributed by atoms with E-state index in [1.54, 1.807) is 17.1 Å². The molecular weight excluding hydrogens is 408 g/mol. The van der Waals surface area contributed by atoms with Crippen molar-refractivity contribution in [1.29, 1.82) is 0 Å². The third-order valence-corrected chi connectivity index (χ3v) is 5.61. The Labute approximate surface area is 190 Å². The highest BCUT2D eigenvalue weighted by Gasteiger charge is 2.31. The number of nitrogens with zero attached hydrogens (tertiary/aromatic N) is 1. The van der Waals surface area contributed by atoms with Crippen molar-refractivity contribution < 1.29 is 24.2 Å². The number of carbonyl (C=O) groups is 3. The quantitative estimate of drug-likeness (QED) is 0.362. The van der Waals surface area contributed by atoms with E-state index >= 15 is 0 Å². The van der Waals surface area contributed by atoms with Gasteiger partial charge in [-0.3, -0.25) is 14.4 Å². The zero-order valence-electron chi connectivity index (χ0n) is 18.6. The summed E-state index contributed by atoms with van der Waals surface area (Å²) in [4.78, 5) is 39.4. The molecule has 2 N–H and O–H groups in total. The SMILES string of the molecule is C=CCCC(=O)O[C@H](CNC(=O)[C@@H](CC=C)CC(=O)N1CCC[C@H]1CO)c1ccccc1. The van der Waals surface area contributed by atoms with Crippen LogP contribution in [0.4, 0.5) is 0 Å². The van der Waals surface area contributed by atoms with Gasteiger partial charge in [0, 0.05) is 19.4 Å². The Kier molecular flexibility index (Phi) is 10.7. The average molecular weight is 443 g/mol. The van der Waals surface area contributed by atoms with E-state index in [0.717, 1.165) is 18.4 Å². The molecule has 1 aromatic rings. The maximum absolute atomic E-state index is 12.9. The van der Waals surface area contributed by atoms with Gasteiger partial charge in [-0.1, -0.05) is 42.5 Å². The van der Waals surface area contributed by atoms with Crippen LogP contribution in [0.25, 0.3) is 0 Å². The van der Waals surface area contributed by atoms with Crippen molar-refractivity contribution >= 4 is 17.8 Å². The van der Waals surface area contributed by atoms with Crippen molar-refractivity contribution in [2.45, 2.75) is 50.7 Å². The van der Waals surface area contributed by atoms with E-state index in [-0.39, 0.29) is 49.8 Å². The van der Waals surface area contributed by atoms with Gasteiger partial charge >= 0.3 is 5.97 Å². The predicted molar refractivity (Wildman–Crippen MR) is 122 cm³/mol. The molecule has 1 aliphatic rings. The molecule has 0 aliphatic carbocycles. The lowest BCUT2D eigenvalue weighted by Crippen LogP contribution is -2.41. The highest BCUT2D eigenvalue weighted by molar-refractivity contribution is 5.86. The first-order valence-electron chi connectivity index (χ1n) is 11.1. The second-order valence-electron chi connectivity index (χ2n) is 7.95. The van der Waals surface area contributed by atoms with Crippen molar-refractivity contribution in [2.24, 2.45) is 5.92 Å². The molecule has 32 heavy (non-hydrogen) atoms. The largest absolute Gasteiger partial charge is 0.456 e. The average Bonchev–Trinajstić information content (AvgIpc) is 3.29. The molecule has 7 nitrogen and oxygen atoms in total.